The summed E-state index contributed by atoms with van der Waals surface area (Å²) in [6.07, 6.45) is 0. The van der Waals surface area contributed by atoms with E-state index in [0.717, 1.165) is 50.1 Å². The number of hydrogen-bond donors (Lipinski definition) is 1. The highest BCUT2D eigenvalue weighted by atomic mass is 32.2. The van der Waals surface area contributed by atoms with Gasteiger partial charge >= 0.3 is 0 Å². The van der Waals surface area contributed by atoms with Crippen LogP contribution >= 0.6 is 0 Å². The predicted octanol–water partition coefficient (Wildman–Crippen LogP) is 0.932. The first-order valence-corrected chi connectivity index (χ1v) is 7.84. The van der Waals surface area contributed by atoms with Gasteiger partial charge in [0.25, 0.3) is 0 Å². The van der Waals surface area contributed by atoms with Crippen molar-refractivity contribution in [1.29, 1.82) is 0 Å². The lowest BCUT2D eigenvalue weighted by molar-refractivity contribution is 0.253. The summed E-state index contributed by atoms with van der Waals surface area (Å²) in [5.41, 5.74) is 0. The minimum absolute atomic E-state index is 0.545. The van der Waals surface area contributed by atoms with Crippen LogP contribution < -0.4 is 5.32 Å². The molecule has 1 unspecified atom stereocenters. The zero-order valence-corrected chi connectivity index (χ0v) is 11.7. The van der Waals surface area contributed by atoms with Crippen molar-refractivity contribution in [2.75, 3.05) is 44.2 Å². The molecular weight excluding hydrogens is 220 g/mol. The molecule has 1 heterocycles. The van der Waals surface area contributed by atoms with Crippen LogP contribution in [0.3, 0.4) is 0 Å². The molecular formula is C12H26N2OS. The summed E-state index contributed by atoms with van der Waals surface area (Å²) in [5.74, 6) is 3.15. The van der Waals surface area contributed by atoms with Gasteiger partial charge in [0.2, 0.25) is 0 Å². The molecule has 0 aromatic rings. The molecule has 96 valence electrons. The highest BCUT2D eigenvalue weighted by Gasteiger charge is 2.16. The van der Waals surface area contributed by atoms with Crippen molar-refractivity contribution in [1.82, 2.24) is 10.2 Å². The Hall–Kier alpha value is 0.0700. The molecule has 0 aromatic heterocycles. The lowest BCUT2D eigenvalue weighted by atomic mass is 10.1. The van der Waals surface area contributed by atoms with E-state index in [1.165, 1.54) is 0 Å². The van der Waals surface area contributed by atoms with Crippen LogP contribution in [0.25, 0.3) is 0 Å². The predicted molar refractivity (Wildman–Crippen MR) is 71.2 cm³/mol. The van der Waals surface area contributed by atoms with Crippen LogP contribution in [-0.2, 0) is 10.8 Å². The summed E-state index contributed by atoms with van der Waals surface area (Å²) in [5, 5.41) is 3.50. The Bertz CT molecular complexity index is 211. The van der Waals surface area contributed by atoms with E-state index in [1.54, 1.807) is 0 Å². The molecule has 1 N–H and O–H groups in total. The molecule has 3 nitrogen and oxygen atoms in total. The smallest absolute Gasteiger partial charge is 0.0363 e. The van der Waals surface area contributed by atoms with Gasteiger partial charge in [-0.1, -0.05) is 20.8 Å². The lowest BCUT2D eigenvalue weighted by Crippen LogP contribution is -2.42. The highest BCUT2D eigenvalue weighted by molar-refractivity contribution is 7.85. The summed E-state index contributed by atoms with van der Waals surface area (Å²) in [4.78, 5) is 2.45. The SMILES string of the molecule is CC(C)CNCC(C)CN1CCS(=O)CC1. The minimum Gasteiger partial charge on any atom is -0.316 e. The number of nitrogens with one attached hydrogen (secondary N) is 1. The quantitative estimate of drug-likeness (QED) is 0.757. The maximum absolute atomic E-state index is 11.2. The first-order valence-electron chi connectivity index (χ1n) is 6.36. The Morgan fingerprint density at radius 1 is 1.19 bits per heavy atom. The average molecular weight is 246 g/mol. The van der Waals surface area contributed by atoms with Crippen LogP contribution in [0, 0.1) is 11.8 Å². The molecule has 0 saturated carbocycles. The fourth-order valence-corrected chi connectivity index (χ4v) is 3.11. The van der Waals surface area contributed by atoms with E-state index in [9.17, 15) is 4.21 Å². The topological polar surface area (TPSA) is 32.3 Å². The van der Waals surface area contributed by atoms with Gasteiger partial charge in [0, 0.05) is 41.9 Å². The van der Waals surface area contributed by atoms with Crippen molar-refractivity contribution >= 4 is 10.8 Å². The van der Waals surface area contributed by atoms with Crippen molar-refractivity contribution < 1.29 is 4.21 Å². The minimum atomic E-state index is -0.545. The van der Waals surface area contributed by atoms with E-state index >= 15 is 0 Å². The molecule has 0 radical (unpaired) electrons. The molecule has 0 aromatic carbocycles. The Kier molecular flexibility index (Phi) is 6.54. The van der Waals surface area contributed by atoms with Gasteiger partial charge in [0.15, 0.2) is 0 Å². The van der Waals surface area contributed by atoms with E-state index in [1.807, 2.05) is 0 Å². The van der Waals surface area contributed by atoms with Gasteiger partial charge in [-0.25, -0.2) is 0 Å². The Labute approximate surface area is 102 Å². The van der Waals surface area contributed by atoms with Gasteiger partial charge in [-0.15, -0.1) is 0 Å². The summed E-state index contributed by atoms with van der Waals surface area (Å²) >= 11 is 0. The van der Waals surface area contributed by atoms with Gasteiger partial charge in [-0.05, 0) is 24.9 Å². The Morgan fingerprint density at radius 2 is 1.81 bits per heavy atom. The molecule has 0 spiro atoms. The van der Waals surface area contributed by atoms with E-state index in [-0.39, 0.29) is 0 Å². The average Bonchev–Trinajstić information content (AvgIpc) is 2.21. The van der Waals surface area contributed by atoms with Crippen molar-refractivity contribution in [2.24, 2.45) is 11.8 Å². The van der Waals surface area contributed by atoms with Crippen LogP contribution in [0.5, 0.6) is 0 Å². The molecule has 16 heavy (non-hydrogen) atoms. The van der Waals surface area contributed by atoms with Crippen molar-refractivity contribution in [3.8, 4) is 0 Å². The number of hydrogen-bond acceptors (Lipinski definition) is 3. The molecule has 1 fully saturated rings. The fraction of sp³-hybridized carbons (Fsp3) is 1.00. The Balaban J connectivity index is 2.09. The van der Waals surface area contributed by atoms with E-state index in [0.29, 0.717) is 5.92 Å². The highest BCUT2D eigenvalue weighted by Crippen LogP contribution is 2.04. The second-order valence-electron chi connectivity index (χ2n) is 5.31. The molecule has 1 saturated heterocycles. The molecule has 0 aliphatic carbocycles. The second kappa shape index (κ2) is 7.41. The maximum Gasteiger partial charge on any atom is 0.0363 e. The summed E-state index contributed by atoms with van der Waals surface area (Å²) in [6.45, 7) is 12.1. The molecule has 1 atom stereocenters. The molecule has 0 amide bonds. The van der Waals surface area contributed by atoms with Crippen LogP contribution in [0.4, 0.5) is 0 Å². The lowest BCUT2D eigenvalue weighted by Gasteiger charge is -2.28. The van der Waals surface area contributed by atoms with Gasteiger partial charge < -0.3 is 10.2 Å². The second-order valence-corrected chi connectivity index (χ2v) is 7.00. The van der Waals surface area contributed by atoms with Crippen LogP contribution in [0.15, 0.2) is 0 Å². The fourth-order valence-electron chi connectivity index (χ4n) is 1.98. The summed E-state index contributed by atoms with van der Waals surface area (Å²) in [6, 6.07) is 0. The van der Waals surface area contributed by atoms with Gasteiger partial charge in [0.05, 0.1) is 0 Å². The summed E-state index contributed by atoms with van der Waals surface area (Å²) < 4.78 is 11.2. The molecule has 1 aliphatic rings. The van der Waals surface area contributed by atoms with Crippen molar-refractivity contribution in [3.05, 3.63) is 0 Å². The van der Waals surface area contributed by atoms with Gasteiger partial charge in [-0.3, -0.25) is 4.21 Å². The van der Waals surface area contributed by atoms with E-state index in [2.05, 4.69) is 31.0 Å². The van der Waals surface area contributed by atoms with Crippen molar-refractivity contribution in [2.45, 2.75) is 20.8 Å². The normalized spacial score (nSPS) is 21.5. The summed E-state index contributed by atoms with van der Waals surface area (Å²) in [7, 11) is -0.545. The van der Waals surface area contributed by atoms with Gasteiger partial charge in [-0.2, -0.15) is 0 Å². The molecule has 0 bridgehead atoms. The van der Waals surface area contributed by atoms with E-state index < -0.39 is 10.8 Å². The Morgan fingerprint density at radius 3 is 2.38 bits per heavy atom. The van der Waals surface area contributed by atoms with Gasteiger partial charge in [0.1, 0.15) is 0 Å². The number of rotatable bonds is 6. The van der Waals surface area contributed by atoms with E-state index in [4.69, 9.17) is 0 Å². The third kappa shape index (κ3) is 5.97. The molecule has 1 rings (SSSR count). The molecule has 4 heteroatoms. The third-order valence-corrected chi connectivity index (χ3v) is 4.16. The first-order chi connectivity index (χ1) is 7.58. The largest absolute Gasteiger partial charge is 0.316 e. The standard InChI is InChI=1S/C12H26N2OS/c1-11(2)8-13-9-12(3)10-14-4-6-16(15)7-5-14/h11-13H,4-10H2,1-3H3. The first kappa shape index (κ1) is 14.1. The third-order valence-electron chi connectivity index (χ3n) is 2.89. The van der Waals surface area contributed by atoms with Crippen molar-refractivity contribution in [3.63, 3.8) is 0 Å². The maximum atomic E-state index is 11.2. The monoisotopic (exact) mass is 246 g/mol. The molecule has 1 aliphatic heterocycles. The zero-order valence-electron chi connectivity index (χ0n) is 10.9. The number of nitrogens with zero attached hydrogens (tertiary/aromatic N) is 1. The van der Waals surface area contributed by atoms with Crippen LogP contribution in [0.2, 0.25) is 0 Å². The van der Waals surface area contributed by atoms with Crippen LogP contribution in [-0.4, -0.2) is 53.3 Å². The zero-order chi connectivity index (χ0) is 12.0. The van der Waals surface area contributed by atoms with Crippen LogP contribution in [0.1, 0.15) is 20.8 Å².